The number of nitrogens with two attached hydrogens (primary N) is 1. The summed E-state index contributed by atoms with van der Waals surface area (Å²) >= 11 is 1.43. The predicted molar refractivity (Wildman–Crippen MR) is 112 cm³/mol. The Morgan fingerprint density at radius 3 is 2.70 bits per heavy atom. The van der Waals surface area contributed by atoms with Crippen molar-refractivity contribution >= 4 is 23.2 Å². The third kappa shape index (κ3) is 2.64. The van der Waals surface area contributed by atoms with Gasteiger partial charge in [0, 0.05) is 24.3 Å². The molecule has 7 nitrogen and oxygen atoms in total. The summed E-state index contributed by atoms with van der Waals surface area (Å²) in [6.07, 6.45) is 4.94. The molecule has 4 rings (SSSR count). The quantitative estimate of drug-likeness (QED) is 0.701. The summed E-state index contributed by atoms with van der Waals surface area (Å²) in [7, 11) is 1.59. The zero-order valence-corrected chi connectivity index (χ0v) is 17.4. The maximum Gasteiger partial charge on any atom is 0.257 e. The minimum atomic E-state index is -1.11. The Morgan fingerprint density at radius 2 is 2.03 bits per heavy atom. The van der Waals surface area contributed by atoms with Gasteiger partial charge in [0.05, 0.1) is 11.9 Å². The van der Waals surface area contributed by atoms with Gasteiger partial charge in [-0.3, -0.25) is 9.69 Å². The highest BCUT2D eigenvalue weighted by Gasteiger charge is 2.58. The number of rotatable bonds is 3. The van der Waals surface area contributed by atoms with Gasteiger partial charge in [-0.2, -0.15) is 5.26 Å². The second-order valence-corrected chi connectivity index (χ2v) is 8.37. The van der Waals surface area contributed by atoms with E-state index in [9.17, 15) is 9.18 Å². The SMILES string of the molecule is CN1C(=O)C(C)(n2ccnc2)[C@@](C)(c2cc(-c3ccc(F)c(C#N)c3)cs2)N=C1N. The molecule has 152 valence electrons. The van der Waals surface area contributed by atoms with E-state index in [1.165, 1.54) is 28.4 Å². The van der Waals surface area contributed by atoms with Crippen LogP contribution in [0.25, 0.3) is 11.1 Å². The molecule has 2 aromatic heterocycles. The van der Waals surface area contributed by atoms with Crippen LogP contribution in [0, 0.1) is 17.1 Å². The lowest BCUT2D eigenvalue weighted by Crippen LogP contribution is -2.64. The van der Waals surface area contributed by atoms with E-state index in [0.717, 1.165) is 10.4 Å². The lowest BCUT2D eigenvalue weighted by atomic mass is 9.75. The molecule has 1 aliphatic rings. The summed E-state index contributed by atoms with van der Waals surface area (Å²) in [5.41, 5.74) is 5.46. The Kier molecular flexibility index (Phi) is 4.47. The third-order valence-corrected chi connectivity index (χ3v) is 7.01. The molecule has 2 N–H and O–H groups in total. The van der Waals surface area contributed by atoms with Gasteiger partial charge in [0.1, 0.15) is 17.4 Å². The summed E-state index contributed by atoms with van der Waals surface area (Å²) in [4.78, 5) is 24.4. The Morgan fingerprint density at radius 1 is 1.27 bits per heavy atom. The number of hydrogen-bond acceptors (Lipinski definition) is 6. The van der Waals surface area contributed by atoms with Crippen molar-refractivity contribution in [2.75, 3.05) is 7.05 Å². The number of aromatic nitrogens is 2. The molecule has 0 saturated heterocycles. The van der Waals surface area contributed by atoms with Crippen LogP contribution in [0.1, 0.15) is 24.3 Å². The monoisotopic (exact) mass is 422 g/mol. The van der Waals surface area contributed by atoms with Crippen LogP contribution < -0.4 is 5.73 Å². The molecular weight excluding hydrogens is 403 g/mol. The van der Waals surface area contributed by atoms with Gasteiger partial charge in [-0.25, -0.2) is 14.4 Å². The van der Waals surface area contributed by atoms with Crippen LogP contribution in [0.5, 0.6) is 0 Å². The number of halogens is 1. The second kappa shape index (κ2) is 6.78. The van der Waals surface area contributed by atoms with Crippen LogP contribution in [0.3, 0.4) is 0 Å². The topological polar surface area (TPSA) is 100 Å². The van der Waals surface area contributed by atoms with E-state index in [1.807, 2.05) is 31.4 Å². The van der Waals surface area contributed by atoms with Crippen LogP contribution in [0.4, 0.5) is 4.39 Å². The number of aliphatic imine (C=N–C) groups is 1. The third-order valence-electron chi connectivity index (χ3n) is 5.87. The van der Waals surface area contributed by atoms with E-state index in [0.29, 0.717) is 5.56 Å². The van der Waals surface area contributed by atoms with Crippen molar-refractivity contribution in [2.45, 2.75) is 24.9 Å². The van der Waals surface area contributed by atoms with Gasteiger partial charge in [-0.05, 0) is 48.6 Å². The molecule has 0 fully saturated rings. The minimum Gasteiger partial charge on any atom is -0.369 e. The van der Waals surface area contributed by atoms with Gasteiger partial charge in [-0.1, -0.05) is 6.07 Å². The Bertz CT molecular complexity index is 1210. The van der Waals surface area contributed by atoms with E-state index in [4.69, 9.17) is 16.0 Å². The fourth-order valence-electron chi connectivity index (χ4n) is 3.77. The number of guanidine groups is 1. The minimum absolute atomic E-state index is 0.0218. The Labute approximate surface area is 176 Å². The van der Waals surface area contributed by atoms with Crippen LogP contribution >= 0.6 is 11.3 Å². The predicted octanol–water partition coefficient (Wildman–Crippen LogP) is 3.04. The number of carbonyl (C=O) groups is 1. The van der Waals surface area contributed by atoms with Gasteiger partial charge < -0.3 is 10.3 Å². The first-order valence-electron chi connectivity index (χ1n) is 9.13. The maximum absolute atomic E-state index is 13.7. The number of nitriles is 1. The fraction of sp³-hybridized carbons (Fsp3) is 0.238. The molecule has 0 aliphatic carbocycles. The van der Waals surface area contributed by atoms with Crippen LogP contribution in [-0.2, 0) is 15.9 Å². The molecule has 3 heterocycles. The summed E-state index contributed by atoms with van der Waals surface area (Å²) in [6, 6.07) is 8.17. The zero-order valence-electron chi connectivity index (χ0n) is 16.6. The molecule has 1 aromatic carbocycles. The lowest BCUT2D eigenvalue weighted by Gasteiger charge is -2.47. The summed E-state index contributed by atoms with van der Waals surface area (Å²) < 4.78 is 15.5. The van der Waals surface area contributed by atoms with Crippen molar-refractivity contribution in [1.82, 2.24) is 14.5 Å². The molecule has 2 atom stereocenters. The first-order chi connectivity index (χ1) is 14.2. The summed E-state index contributed by atoms with van der Waals surface area (Å²) in [5.74, 6) is -0.641. The maximum atomic E-state index is 13.7. The number of likely N-dealkylation sites (N-methyl/N-ethyl adjacent to an activating group) is 1. The molecule has 0 spiro atoms. The number of benzene rings is 1. The van der Waals surface area contributed by atoms with E-state index in [2.05, 4.69) is 4.98 Å². The first kappa shape index (κ1) is 19.8. The summed E-state index contributed by atoms with van der Waals surface area (Å²) in [5, 5.41) is 11.0. The highest BCUT2D eigenvalue weighted by molar-refractivity contribution is 7.10. The second-order valence-electron chi connectivity index (χ2n) is 7.45. The van der Waals surface area contributed by atoms with Crippen molar-refractivity contribution in [1.29, 1.82) is 5.26 Å². The van der Waals surface area contributed by atoms with Crippen LogP contribution in [0.2, 0.25) is 0 Å². The molecule has 0 saturated carbocycles. The van der Waals surface area contributed by atoms with E-state index < -0.39 is 16.9 Å². The zero-order chi connectivity index (χ0) is 21.7. The van der Waals surface area contributed by atoms with Crippen molar-refractivity contribution in [3.63, 3.8) is 0 Å². The lowest BCUT2D eigenvalue weighted by molar-refractivity contribution is -0.140. The highest BCUT2D eigenvalue weighted by atomic mass is 32.1. The van der Waals surface area contributed by atoms with Crippen molar-refractivity contribution in [3.05, 3.63) is 64.6 Å². The molecule has 3 aromatic rings. The van der Waals surface area contributed by atoms with E-state index >= 15 is 0 Å². The molecule has 9 heteroatoms. The first-order valence-corrected chi connectivity index (χ1v) is 10.0. The van der Waals surface area contributed by atoms with Crippen LogP contribution in [0.15, 0.2) is 53.4 Å². The molecule has 0 radical (unpaired) electrons. The number of imidazole rings is 1. The molecular formula is C21H19FN6OS. The van der Waals surface area contributed by atoms with Gasteiger partial charge in [0.25, 0.3) is 5.91 Å². The highest BCUT2D eigenvalue weighted by Crippen LogP contribution is 2.48. The van der Waals surface area contributed by atoms with Crippen molar-refractivity contribution in [2.24, 2.45) is 10.7 Å². The molecule has 30 heavy (non-hydrogen) atoms. The van der Waals surface area contributed by atoms with Crippen molar-refractivity contribution in [3.8, 4) is 17.2 Å². The van der Waals surface area contributed by atoms with Crippen LogP contribution in [-0.4, -0.2) is 33.4 Å². The largest absolute Gasteiger partial charge is 0.369 e. The number of hydrogen-bond donors (Lipinski definition) is 1. The number of carbonyl (C=O) groups excluding carboxylic acids is 1. The van der Waals surface area contributed by atoms with E-state index in [1.54, 1.807) is 36.4 Å². The van der Waals surface area contributed by atoms with E-state index in [-0.39, 0.29) is 17.4 Å². The smallest absolute Gasteiger partial charge is 0.257 e. The number of thiophene rings is 1. The standard InChI is InChI=1S/C21H19FN6OS/c1-20(17-9-15(11-30-17)13-4-5-16(22)14(8-13)10-23)21(2,28-7-6-25-12-28)18(29)27(3)19(24)26-20/h4-9,11-12H,1-3H3,(H2,24,26)/t20-,21?/m1/s1. The average Bonchev–Trinajstić information content (AvgIpc) is 3.44. The molecule has 1 amide bonds. The molecule has 1 aliphatic heterocycles. The van der Waals surface area contributed by atoms with Gasteiger partial charge in [0.15, 0.2) is 11.5 Å². The van der Waals surface area contributed by atoms with Gasteiger partial charge in [-0.15, -0.1) is 11.3 Å². The number of amides is 1. The average molecular weight is 422 g/mol. The normalized spacial score (nSPS) is 23.9. The molecule has 1 unspecified atom stereocenters. The Balaban J connectivity index is 1.88. The Hall–Kier alpha value is -3.51. The van der Waals surface area contributed by atoms with Gasteiger partial charge >= 0.3 is 0 Å². The molecule has 0 bridgehead atoms. The fourth-order valence-corrected chi connectivity index (χ4v) is 4.89. The van der Waals surface area contributed by atoms with Crippen molar-refractivity contribution < 1.29 is 9.18 Å². The summed E-state index contributed by atoms with van der Waals surface area (Å²) in [6.45, 7) is 3.68. The number of nitrogens with zero attached hydrogens (tertiary/aromatic N) is 5. The van der Waals surface area contributed by atoms with Gasteiger partial charge in [0.2, 0.25) is 0 Å².